The second-order valence-corrected chi connectivity index (χ2v) is 6.11. The van der Waals surface area contributed by atoms with Crippen molar-refractivity contribution in [3.63, 3.8) is 0 Å². The number of hydrogen-bond donors (Lipinski definition) is 1. The maximum atomic E-state index is 12.5. The van der Waals surface area contributed by atoms with Crippen LogP contribution >= 0.6 is 11.8 Å². The number of benzene rings is 1. The minimum atomic E-state index is -0.255. The number of amides is 1. The Labute approximate surface area is 113 Å². The summed E-state index contributed by atoms with van der Waals surface area (Å²) in [5.41, 5.74) is 6.56. The Morgan fingerprint density at radius 1 is 1.39 bits per heavy atom. The van der Waals surface area contributed by atoms with E-state index in [-0.39, 0.29) is 17.5 Å². The summed E-state index contributed by atoms with van der Waals surface area (Å²) in [7, 11) is 0. The van der Waals surface area contributed by atoms with E-state index in [1.165, 1.54) is 4.90 Å². The largest absolute Gasteiger partial charge is 0.332 e. The number of carbonyl (C=O) groups excluding carboxylic acids is 1. The van der Waals surface area contributed by atoms with Crippen LogP contribution < -0.4 is 5.73 Å². The first-order chi connectivity index (χ1) is 8.46. The van der Waals surface area contributed by atoms with Gasteiger partial charge in [-0.1, -0.05) is 0 Å². The highest BCUT2D eigenvalue weighted by molar-refractivity contribution is 7.98. The van der Waals surface area contributed by atoms with Gasteiger partial charge in [-0.3, -0.25) is 4.79 Å². The molecule has 1 unspecified atom stereocenters. The van der Waals surface area contributed by atoms with E-state index in [1.54, 1.807) is 11.8 Å². The van der Waals surface area contributed by atoms with Gasteiger partial charge in [0, 0.05) is 23.0 Å². The van der Waals surface area contributed by atoms with Crippen LogP contribution in [0.25, 0.3) is 0 Å². The lowest BCUT2D eigenvalue weighted by molar-refractivity contribution is 0.0637. The molecule has 1 aromatic rings. The predicted octanol–water partition coefficient (Wildman–Crippen LogP) is 2.36. The number of rotatable bonds is 2. The molecule has 1 fully saturated rings. The highest BCUT2D eigenvalue weighted by Crippen LogP contribution is 2.29. The quantitative estimate of drug-likeness (QED) is 0.834. The van der Waals surface area contributed by atoms with Crippen molar-refractivity contribution >= 4 is 17.7 Å². The van der Waals surface area contributed by atoms with Gasteiger partial charge < -0.3 is 10.6 Å². The van der Waals surface area contributed by atoms with E-state index >= 15 is 0 Å². The number of likely N-dealkylation sites (tertiary alicyclic amines) is 1. The van der Waals surface area contributed by atoms with Crippen molar-refractivity contribution in [2.24, 2.45) is 5.73 Å². The lowest BCUT2D eigenvalue weighted by Crippen LogP contribution is -2.51. The van der Waals surface area contributed by atoms with Crippen LogP contribution in [0.3, 0.4) is 0 Å². The zero-order chi connectivity index (χ0) is 13.3. The van der Waals surface area contributed by atoms with Crippen molar-refractivity contribution in [2.45, 2.75) is 36.7 Å². The van der Waals surface area contributed by atoms with Crippen LogP contribution in [0, 0.1) is 0 Å². The Morgan fingerprint density at radius 3 is 2.44 bits per heavy atom. The first kappa shape index (κ1) is 13.4. The van der Waals surface area contributed by atoms with Crippen molar-refractivity contribution in [2.75, 3.05) is 12.8 Å². The van der Waals surface area contributed by atoms with E-state index in [4.69, 9.17) is 5.73 Å². The summed E-state index contributed by atoms with van der Waals surface area (Å²) in [6.07, 6.45) is 2.90. The number of thioether (sulfide) groups is 1. The number of hydrogen-bond acceptors (Lipinski definition) is 3. The van der Waals surface area contributed by atoms with Gasteiger partial charge in [-0.15, -0.1) is 11.8 Å². The first-order valence-electron chi connectivity index (χ1n) is 6.18. The average Bonchev–Trinajstić information content (AvgIpc) is 2.63. The van der Waals surface area contributed by atoms with Crippen LogP contribution in [0.5, 0.6) is 0 Å². The molecule has 1 heterocycles. The molecule has 1 amide bonds. The van der Waals surface area contributed by atoms with Crippen LogP contribution in [0.2, 0.25) is 0 Å². The number of carbonyl (C=O) groups is 1. The Bertz CT molecular complexity index is 442. The maximum Gasteiger partial charge on any atom is 0.254 e. The molecule has 98 valence electrons. The molecule has 4 heteroatoms. The molecule has 1 aliphatic heterocycles. The predicted molar refractivity (Wildman–Crippen MR) is 75.9 cm³/mol. The molecule has 18 heavy (non-hydrogen) atoms. The highest BCUT2D eigenvalue weighted by Gasteiger charge is 2.41. The van der Waals surface area contributed by atoms with E-state index < -0.39 is 0 Å². The fourth-order valence-electron chi connectivity index (χ4n) is 2.36. The Hall–Kier alpha value is -1.00. The van der Waals surface area contributed by atoms with Gasteiger partial charge in [-0.05, 0) is 50.8 Å². The van der Waals surface area contributed by atoms with Crippen LogP contribution in [0.1, 0.15) is 30.6 Å². The van der Waals surface area contributed by atoms with Gasteiger partial charge in [0.15, 0.2) is 0 Å². The molecule has 3 nitrogen and oxygen atoms in total. The Morgan fingerprint density at radius 2 is 2.00 bits per heavy atom. The summed E-state index contributed by atoms with van der Waals surface area (Å²) in [5, 5.41) is 0. The van der Waals surface area contributed by atoms with Crippen LogP contribution in [-0.2, 0) is 0 Å². The second-order valence-electron chi connectivity index (χ2n) is 5.23. The molecular formula is C14H20N2OS. The van der Waals surface area contributed by atoms with Gasteiger partial charge in [0.2, 0.25) is 0 Å². The zero-order valence-electron chi connectivity index (χ0n) is 11.1. The summed E-state index contributed by atoms with van der Waals surface area (Å²) in [5.74, 6) is 0.0839. The van der Waals surface area contributed by atoms with Gasteiger partial charge in [-0.25, -0.2) is 0 Å². The van der Waals surface area contributed by atoms with Gasteiger partial charge >= 0.3 is 0 Å². The average molecular weight is 264 g/mol. The molecule has 1 aliphatic rings. The number of nitrogens with zero attached hydrogens (tertiary/aromatic N) is 1. The monoisotopic (exact) mass is 264 g/mol. The SMILES string of the molecule is CSc1ccc(C(=O)N2CCC(N)C2(C)C)cc1. The Kier molecular flexibility index (Phi) is 3.69. The van der Waals surface area contributed by atoms with E-state index in [0.717, 1.165) is 18.5 Å². The fourth-order valence-corrected chi connectivity index (χ4v) is 2.77. The molecule has 0 aromatic heterocycles. The van der Waals surface area contributed by atoms with Crippen molar-refractivity contribution in [3.05, 3.63) is 29.8 Å². The van der Waals surface area contributed by atoms with Crippen LogP contribution in [-0.4, -0.2) is 35.2 Å². The molecule has 0 radical (unpaired) electrons. The minimum Gasteiger partial charge on any atom is -0.332 e. The first-order valence-corrected chi connectivity index (χ1v) is 7.41. The van der Waals surface area contributed by atoms with Crippen LogP contribution in [0.4, 0.5) is 0 Å². The van der Waals surface area contributed by atoms with Gasteiger partial charge in [0.1, 0.15) is 0 Å². The maximum absolute atomic E-state index is 12.5. The molecular weight excluding hydrogens is 244 g/mol. The minimum absolute atomic E-state index is 0.0620. The lowest BCUT2D eigenvalue weighted by atomic mass is 9.96. The van der Waals surface area contributed by atoms with Crippen molar-refractivity contribution in [3.8, 4) is 0 Å². The normalized spacial score (nSPS) is 22.2. The topological polar surface area (TPSA) is 46.3 Å². The van der Waals surface area contributed by atoms with Crippen LogP contribution in [0.15, 0.2) is 29.2 Å². The summed E-state index contributed by atoms with van der Waals surface area (Å²) in [6.45, 7) is 4.83. The highest BCUT2D eigenvalue weighted by atomic mass is 32.2. The second kappa shape index (κ2) is 4.94. The molecule has 0 aliphatic carbocycles. The summed E-state index contributed by atoms with van der Waals surface area (Å²) in [6, 6.07) is 7.83. The summed E-state index contributed by atoms with van der Waals surface area (Å²) in [4.78, 5) is 15.5. The van der Waals surface area contributed by atoms with E-state index in [1.807, 2.05) is 49.3 Å². The van der Waals surface area contributed by atoms with Crippen molar-refractivity contribution in [1.82, 2.24) is 4.90 Å². The third-order valence-electron chi connectivity index (χ3n) is 3.85. The molecule has 0 bridgehead atoms. The lowest BCUT2D eigenvalue weighted by Gasteiger charge is -2.34. The Balaban J connectivity index is 2.21. The molecule has 2 N–H and O–H groups in total. The standard InChI is InChI=1S/C14H20N2OS/c1-14(2)12(15)8-9-16(14)13(17)10-4-6-11(18-3)7-5-10/h4-7,12H,8-9,15H2,1-3H3. The zero-order valence-corrected chi connectivity index (χ0v) is 12.0. The summed E-state index contributed by atoms with van der Waals surface area (Å²) < 4.78 is 0. The summed E-state index contributed by atoms with van der Waals surface area (Å²) >= 11 is 1.68. The van der Waals surface area contributed by atoms with Crippen molar-refractivity contribution < 1.29 is 4.79 Å². The van der Waals surface area contributed by atoms with Gasteiger partial charge in [0.05, 0.1) is 5.54 Å². The smallest absolute Gasteiger partial charge is 0.254 e. The molecule has 1 atom stereocenters. The van der Waals surface area contributed by atoms with Crippen molar-refractivity contribution in [1.29, 1.82) is 0 Å². The molecule has 1 aromatic carbocycles. The molecule has 0 saturated carbocycles. The third-order valence-corrected chi connectivity index (χ3v) is 4.59. The fraction of sp³-hybridized carbons (Fsp3) is 0.500. The van der Waals surface area contributed by atoms with Gasteiger partial charge in [0.25, 0.3) is 5.91 Å². The van der Waals surface area contributed by atoms with E-state index in [9.17, 15) is 4.79 Å². The van der Waals surface area contributed by atoms with E-state index in [0.29, 0.717) is 0 Å². The van der Waals surface area contributed by atoms with Gasteiger partial charge in [-0.2, -0.15) is 0 Å². The van der Waals surface area contributed by atoms with E-state index in [2.05, 4.69) is 0 Å². The molecule has 0 spiro atoms. The molecule has 1 saturated heterocycles. The number of nitrogens with two attached hydrogens (primary N) is 1. The third kappa shape index (κ3) is 2.27. The molecule has 2 rings (SSSR count).